The average Bonchev–Trinajstić information content (AvgIpc) is 3.16. The van der Waals surface area contributed by atoms with Crippen LogP contribution in [0.3, 0.4) is 0 Å². The lowest BCUT2D eigenvalue weighted by molar-refractivity contribution is -0.169. The van der Waals surface area contributed by atoms with E-state index in [0.29, 0.717) is 12.5 Å². The largest absolute Gasteiger partial charge is 0.394 e. The predicted molar refractivity (Wildman–Crippen MR) is 82.3 cm³/mol. The molecule has 2 atom stereocenters. The summed E-state index contributed by atoms with van der Waals surface area (Å²) in [6.45, 7) is -0.254. The summed E-state index contributed by atoms with van der Waals surface area (Å²) in [7, 11) is -1.76. The van der Waals surface area contributed by atoms with Crippen LogP contribution in [-0.4, -0.2) is 81.0 Å². The molecule has 11 heteroatoms. The SMILES string of the molecule is CN(C)S(=O)(=O)[C@@H]1CN(C(=O)NCC23CC(CO2)C3)C[C@H]1C(F)(F)F. The lowest BCUT2D eigenvalue weighted by Gasteiger charge is -2.36. The van der Waals surface area contributed by atoms with Crippen molar-refractivity contribution < 1.29 is 31.1 Å². The highest BCUT2D eigenvalue weighted by Crippen LogP contribution is 2.47. The molecule has 25 heavy (non-hydrogen) atoms. The number of ether oxygens (including phenoxy) is 1. The van der Waals surface area contributed by atoms with Crippen LogP contribution in [-0.2, 0) is 14.8 Å². The Balaban J connectivity index is 1.67. The summed E-state index contributed by atoms with van der Waals surface area (Å²) in [6, 6.07) is -0.681. The van der Waals surface area contributed by atoms with Crippen molar-refractivity contribution in [2.24, 2.45) is 11.8 Å². The Hall–Kier alpha value is -1.07. The van der Waals surface area contributed by atoms with Crippen molar-refractivity contribution in [1.82, 2.24) is 14.5 Å². The summed E-state index contributed by atoms with van der Waals surface area (Å²) in [4.78, 5) is 13.2. The Bertz CT molecular complexity index is 641. The number of halogens is 3. The zero-order valence-electron chi connectivity index (χ0n) is 14.0. The first kappa shape index (κ1) is 18.7. The molecule has 0 aromatic heterocycles. The fraction of sp³-hybridized carbons (Fsp3) is 0.929. The first-order chi connectivity index (χ1) is 11.4. The molecule has 0 aromatic carbocycles. The zero-order chi connectivity index (χ0) is 18.6. The number of carbonyl (C=O) groups is 1. The summed E-state index contributed by atoms with van der Waals surface area (Å²) in [5, 5.41) is 0.912. The van der Waals surface area contributed by atoms with Gasteiger partial charge in [-0.3, -0.25) is 0 Å². The molecular weight excluding hydrogens is 363 g/mol. The van der Waals surface area contributed by atoms with Crippen molar-refractivity contribution in [2.75, 3.05) is 40.3 Å². The minimum absolute atomic E-state index is 0.237. The molecule has 144 valence electrons. The summed E-state index contributed by atoms with van der Waals surface area (Å²) in [5.41, 5.74) is -0.390. The number of hydrogen-bond donors (Lipinski definition) is 1. The standard InChI is InChI=1S/C14H22F3N3O4S/c1-19(2)25(22,23)11-6-20(5-10(11)14(15,16)17)12(21)18-8-13-3-9(4-13)7-24-13/h9-11H,3-8H2,1-2H3,(H,18,21)/t9?,10-,11-,13?/m1/s1. The smallest absolute Gasteiger partial charge is 0.373 e. The summed E-state index contributed by atoms with van der Waals surface area (Å²) < 4.78 is 70.7. The number of sulfonamides is 1. The molecule has 3 saturated heterocycles. The number of nitrogens with one attached hydrogen (secondary N) is 1. The van der Waals surface area contributed by atoms with Gasteiger partial charge in [-0.1, -0.05) is 0 Å². The van der Waals surface area contributed by atoms with Gasteiger partial charge in [-0.2, -0.15) is 13.2 Å². The molecule has 4 rings (SSSR count). The van der Waals surface area contributed by atoms with E-state index in [1.54, 1.807) is 0 Å². The van der Waals surface area contributed by atoms with Gasteiger partial charge >= 0.3 is 12.2 Å². The maximum absolute atomic E-state index is 13.3. The van der Waals surface area contributed by atoms with Gasteiger partial charge in [-0.25, -0.2) is 17.5 Å². The lowest BCUT2D eigenvalue weighted by Crippen LogP contribution is -2.50. The third kappa shape index (κ3) is 3.33. The molecule has 2 amide bonds. The van der Waals surface area contributed by atoms with E-state index in [9.17, 15) is 26.4 Å². The predicted octanol–water partition coefficient (Wildman–Crippen LogP) is 0.629. The monoisotopic (exact) mass is 385 g/mol. The third-order valence-corrected chi connectivity index (χ3v) is 7.63. The van der Waals surface area contributed by atoms with Crippen LogP contribution in [0.5, 0.6) is 0 Å². The lowest BCUT2D eigenvalue weighted by atomic mass is 9.74. The Morgan fingerprint density at radius 3 is 2.44 bits per heavy atom. The number of hydrogen-bond acceptors (Lipinski definition) is 4. The Morgan fingerprint density at radius 1 is 1.32 bits per heavy atom. The zero-order valence-corrected chi connectivity index (χ0v) is 14.9. The Kier molecular flexibility index (Phi) is 4.48. The van der Waals surface area contributed by atoms with E-state index in [-0.39, 0.29) is 6.54 Å². The molecule has 1 N–H and O–H groups in total. The maximum atomic E-state index is 13.3. The van der Waals surface area contributed by atoms with Crippen molar-refractivity contribution in [2.45, 2.75) is 29.9 Å². The van der Waals surface area contributed by atoms with Crippen LogP contribution in [0.25, 0.3) is 0 Å². The third-order valence-electron chi connectivity index (χ3n) is 5.37. The van der Waals surface area contributed by atoms with Crippen LogP contribution in [0.15, 0.2) is 0 Å². The Morgan fingerprint density at radius 2 is 1.96 bits per heavy atom. The van der Waals surface area contributed by atoms with Gasteiger partial charge in [0.2, 0.25) is 10.0 Å². The number of fused-ring (bicyclic) bond motifs is 1. The summed E-state index contributed by atoms with van der Waals surface area (Å²) >= 11 is 0. The number of alkyl halides is 3. The Labute approximate surface area is 144 Å². The number of rotatable bonds is 4. The topological polar surface area (TPSA) is 79.0 Å². The molecule has 0 spiro atoms. The van der Waals surface area contributed by atoms with E-state index in [2.05, 4.69) is 5.32 Å². The second-order valence-electron chi connectivity index (χ2n) is 7.35. The summed E-state index contributed by atoms with van der Waals surface area (Å²) in [6.07, 6.45) is -3.01. The van der Waals surface area contributed by atoms with Crippen LogP contribution >= 0.6 is 0 Å². The first-order valence-electron chi connectivity index (χ1n) is 8.09. The second-order valence-corrected chi connectivity index (χ2v) is 9.71. The van der Waals surface area contributed by atoms with Crippen LogP contribution in [0.1, 0.15) is 12.8 Å². The number of likely N-dealkylation sites (tertiary alicyclic amines) is 1. The molecule has 2 bridgehead atoms. The second kappa shape index (κ2) is 5.98. The number of carbonyl (C=O) groups excluding carboxylic acids is 1. The van der Waals surface area contributed by atoms with E-state index >= 15 is 0 Å². The molecular formula is C14H22F3N3O4S. The van der Waals surface area contributed by atoms with E-state index in [0.717, 1.165) is 22.0 Å². The fourth-order valence-electron chi connectivity index (χ4n) is 3.89. The van der Waals surface area contributed by atoms with Gasteiger partial charge in [0, 0.05) is 33.7 Å². The van der Waals surface area contributed by atoms with E-state index in [1.165, 1.54) is 14.1 Å². The molecule has 3 aliphatic heterocycles. The van der Waals surface area contributed by atoms with Gasteiger partial charge in [0.25, 0.3) is 0 Å². The molecule has 4 fully saturated rings. The van der Waals surface area contributed by atoms with Gasteiger partial charge in [0.15, 0.2) is 0 Å². The van der Waals surface area contributed by atoms with Crippen molar-refractivity contribution in [3.05, 3.63) is 0 Å². The van der Waals surface area contributed by atoms with E-state index < -0.39 is 52.1 Å². The molecule has 4 aliphatic rings. The molecule has 0 radical (unpaired) electrons. The highest BCUT2D eigenvalue weighted by atomic mass is 32.2. The van der Waals surface area contributed by atoms with Gasteiger partial charge in [0.1, 0.15) is 5.25 Å². The van der Waals surface area contributed by atoms with Gasteiger partial charge in [-0.05, 0) is 18.8 Å². The van der Waals surface area contributed by atoms with Crippen LogP contribution in [0, 0.1) is 11.8 Å². The van der Waals surface area contributed by atoms with Gasteiger partial charge in [-0.15, -0.1) is 0 Å². The highest BCUT2D eigenvalue weighted by molar-refractivity contribution is 7.89. The van der Waals surface area contributed by atoms with E-state index in [4.69, 9.17) is 4.74 Å². The molecule has 3 heterocycles. The van der Waals surface area contributed by atoms with Gasteiger partial charge < -0.3 is 15.0 Å². The van der Waals surface area contributed by atoms with Crippen LogP contribution in [0.2, 0.25) is 0 Å². The van der Waals surface area contributed by atoms with Crippen molar-refractivity contribution in [1.29, 1.82) is 0 Å². The first-order valence-corrected chi connectivity index (χ1v) is 9.60. The molecule has 7 nitrogen and oxygen atoms in total. The van der Waals surface area contributed by atoms with E-state index in [1.807, 2.05) is 0 Å². The van der Waals surface area contributed by atoms with Crippen LogP contribution in [0.4, 0.5) is 18.0 Å². The van der Waals surface area contributed by atoms with Gasteiger partial charge in [0.05, 0.1) is 18.1 Å². The minimum Gasteiger partial charge on any atom is -0.373 e. The average molecular weight is 385 g/mol. The molecule has 1 aliphatic carbocycles. The number of amides is 2. The number of nitrogens with zero attached hydrogens (tertiary/aromatic N) is 2. The van der Waals surface area contributed by atoms with Crippen molar-refractivity contribution in [3.63, 3.8) is 0 Å². The minimum atomic E-state index is -4.70. The van der Waals surface area contributed by atoms with Crippen molar-refractivity contribution >= 4 is 16.1 Å². The normalized spacial score (nSPS) is 35.1. The molecule has 1 saturated carbocycles. The molecule has 0 unspecified atom stereocenters. The molecule has 0 aromatic rings. The fourth-order valence-corrected chi connectivity index (χ4v) is 5.46. The van der Waals surface area contributed by atoms with Crippen molar-refractivity contribution in [3.8, 4) is 0 Å². The summed E-state index contributed by atoms with van der Waals surface area (Å²) in [5.74, 6) is -1.59. The quantitative estimate of drug-likeness (QED) is 0.770. The van der Waals surface area contributed by atoms with Crippen LogP contribution < -0.4 is 5.32 Å². The maximum Gasteiger partial charge on any atom is 0.394 e. The number of urea groups is 1. The highest BCUT2D eigenvalue weighted by Gasteiger charge is 2.56.